The monoisotopic (exact) mass is 528 g/mol. The van der Waals surface area contributed by atoms with Crippen molar-refractivity contribution in [2.45, 2.75) is 51.8 Å². The molecule has 0 heterocycles. The Labute approximate surface area is 220 Å². The van der Waals surface area contributed by atoms with Crippen molar-refractivity contribution in [2.75, 3.05) is 6.61 Å². The summed E-state index contributed by atoms with van der Waals surface area (Å²) in [5, 5.41) is 16.1. The Bertz CT molecular complexity index is 1120. The molecule has 12 nitrogen and oxygen atoms in total. The first-order chi connectivity index (χ1) is 18.0. The largest absolute Gasteiger partial charge is 0.466 e. The van der Waals surface area contributed by atoms with Gasteiger partial charge in [-0.3, -0.25) is 24.5 Å². The molecule has 0 aliphatic rings. The van der Waals surface area contributed by atoms with Gasteiger partial charge in [-0.05, 0) is 24.0 Å². The Morgan fingerprint density at radius 1 is 0.947 bits per heavy atom. The summed E-state index contributed by atoms with van der Waals surface area (Å²) >= 11 is 0. The number of amides is 3. The second-order valence-electron chi connectivity index (χ2n) is 8.78. The molecule has 2 aromatic carbocycles. The summed E-state index contributed by atoms with van der Waals surface area (Å²) in [6.07, 6.45) is -1.17. The quantitative estimate of drug-likeness (QED) is 0.201. The number of alkyl carbamates (subject to hydrolysis) is 1. The van der Waals surface area contributed by atoms with Crippen LogP contribution in [0.4, 0.5) is 10.5 Å². The van der Waals surface area contributed by atoms with E-state index in [9.17, 15) is 29.3 Å². The van der Waals surface area contributed by atoms with E-state index in [0.717, 1.165) is 5.56 Å². The van der Waals surface area contributed by atoms with Crippen LogP contribution in [0.1, 0.15) is 44.2 Å². The lowest BCUT2D eigenvalue weighted by atomic mass is 9.87. The highest BCUT2D eigenvalue weighted by Gasteiger charge is 2.35. The van der Waals surface area contributed by atoms with Crippen LogP contribution in [-0.4, -0.2) is 47.5 Å². The van der Waals surface area contributed by atoms with Crippen LogP contribution in [-0.2, 0) is 30.5 Å². The third-order valence-electron chi connectivity index (χ3n) is 5.67. The Balaban J connectivity index is 2.23. The van der Waals surface area contributed by atoms with Gasteiger partial charge in [0, 0.05) is 18.1 Å². The molecule has 0 aliphatic heterocycles. The number of hydrogen-bond donors (Lipinski definition) is 3. The third kappa shape index (κ3) is 8.87. The van der Waals surface area contributed by atoms with Crippen LogP contribution in [0.25, 0.3) is 0 Å². The molecule has 0 bridgehead atoms. The maximum absolute atomic E-state index is 13.2. The highest BCUT2D eigenvalue weighted by atomic mass is 16.6. The minimum Gasteiger partial charge on any atom is -0.466 e. The Morgan fingerprint density at radius 3 is 2.11 bits per heavy atom. The first-order valence-corrected chi connectivity index (χ1v) is 12.0. The average molecular weight is 529 g/mol. The number of esters is 1. The lowest BCUT2D eigenvalue weighted by Gasteiger charge is -2.28. The van der Waals surface area contributed by atoms with Crippen LogP contribution in [0.2, 0.25) is 0 Å². The molecular weight excluding hydrogens is 496 g/mol. The summed E-state index contributed by atoms with van der Waals surface area (Å²) in [6.45, 7) is 5.07. The number of nitro groups is 1. The molecule has 3 atom stereocenters. The number of ether oxygens (including phenoxy) is 2. The Morgan fingerprint density at radius 2 is 1.58 bits per heavy atom. The van der Waals surface area contributed by atoms with E-state index in [1.165, 1.54) is 24.3 Å². The lowest BCUT2D eigenvalue weighted by molar-refractivity contribution is -0.384. The van der Waals surface area contributed by atoms with E-state index in [0.29, 0.717) is 5.56 Å². The lowest BCUT2D eigenvalue weighted by Crippen LogP contribution is -2.56. The molecule has 2 rings (SSSR count). The molecule has 0 radical (unpaired) electrons. The standard InChI is InChI=1S/C26H32N4O8/c1-4-37-21(31)14-20(18-10-12-19(13-11-18)30(35)36)23(24(27)32)28-25(33)22(16(2)3)29-26(34)38-15-17-8-6-5-7-9-17/h5-13,16,20,22-23H,4,14-15H2,1-3H3,(H2,27,32)(H,28,33)(H,29,34)/t20-,22-,23+/m0/s1. The summed E-state index contributed by atoms with van der Waals surface area (Å²) in [5.74, 6) is -3.72. The van der Waals surface area contributed by atoms with Gasteiger partial charge in [0.25, 0.3) is 5.69 Å². The molecule has 0 saturated carbocycles. The van der Waals surface area contributed by atoms with Crippen LogP contribution in [0.3, 0.4) is 0 Å². The summed E-state index contributed by atoms with van der Waals surface area (Å²) < 4.78 is 10.2. The Kier molecular flexibility index (Phi) is 11.2. The molecule has 0 unspecified atom stereocenters. The molecule has 0 spiro atoms. The van der Waals surface area contributed by atoms with Gasteiger partial charge in [0.15, 0.2) is 0 Å². The SMILES string of the molecule is CCOC(=O)C[C@@H](c1ccc([N+](=O)[O-])cc1)[C@@H](NC(=O)[C@@H](NC(=O)OCc1ccccc1)C(C)C)C(N)=O. The molecule has 0 fully saturated rings. The predicted octanol–water partition coefficient (Wildman–Crippen LogP) is 2.55. The fraction of sp³-hybridized carbons (Fsp3) is 0.385. The summed E-state index contributed by atoms with van der Waals surface area (Å²) in [4.78, 5) is 60.8. The highest BCUT2D eigenvalue weighted by molar-refractivity contribution is 5.92. The normalized spacial score (nSPS) is 13.1. The average Bonchev–Trinajstić information content (AvgIpc) is 2.88. The van der Waals surface area contributed by atoms with Gasteiger partial charge in [0.2, 0.25) is 11.8 Å². The first kappa shape index (κ1) is 29.7. The number of carbonyl (C=O) groups excluding carboxylic acids is 4. The van der Waals surface area contributed by atoms with Crippen LogP contribution in [0.5, 0.6) is 0 Å². The van der Waals surface area contributed by atoms with Gasteiger partial charge in [0.1, 0.15) is 18.7 Å². The predicted molar refractivity (Wildman–Crippen MR) is 137 cm³/mol. The van der Waals surface area contributed by atoms with Gasteiger partial charge in [-0.15, -0.1) is 0 Å². The van der Waals surface area contributed by atoms with Crippen molar-refractivity contribution in [2.24, 2.45) is 11.7 Å². The van der Waals surface area contributed by atoms with Crippen LogP contribution < -0.4 is 16.4 Å². The van der Waals surface area contributed by atoms with E-state index in [4.69, 9.17) is 15.2 Å². The van der Waals surface area contributed by atoms with Gasteiger partial charge in [-0.25, -0.2) is 4.79 Å². The molecule has 0 aromatic heterocycles. The van der Waals surface area contributed by atoms with Crippen LogP contribution in [0, 0.1) is 16.0 Å². The van der Waals surface area contributed by atoms with E-state index >= 15 is 0 Å². The summed E-state index contributed by atoms with van der Waals surface area (Å²) in [5.41, 5.74) is 6.53. The van der Waals surface area contributed by atoms with Crippen molar-refractivity contribution >= 4 is 29.6 Å². The zero-order valence-electron chi connectivity index (χ0n) is 21.4. The number of nitrogens with two attached hydrogens (primary N) is 1. The molecular formula is C26H32N4O8. The van der Waals surface area contributed by atoms with E-state index < -0.39 is 52.7 Å². The molecule has 0 saturated heterocycles. The summed E-state index contributed by atoms with van der Waals surface area (Å²) in [6, 6.07) is 11.7. The van der Waals surface area contributed by atoms with Gasteiger partial charge >= 0.3 is 12.1 Å². The van der Waals surface area contributed by atoms with Crippen molar-refractivity contribution in [1.29, 1.82) is 0 Å². The summed E-state index contributed by atoms with van der Waals surface area (Å²) in [7, 11) is 0. The third-order valence-corrected chi connectivity index (χ3v) is 5.67. The number of primary amides is 1. The molecule has 0 aliphatic carbocycles. The fourth-order valence-electron chi connectivity index (χ4n) is 3.71. The van der Waals surface area contributed by atoms with Crippen molar-refractivity contribution in [1.82, 2.24) is 10.6 Å². The van der Waals surface area contributed by atoms with E-state index in [-0.39, 0.29) is 25.3 Å². The molecule has 12 heteroatoms. The van der Waals surface area contributed by atoms with E-state index in [1.807, 2.05) is 6.07 Å². The number of benzene rings is 2. The molecule has 38 heavy (non-hydrogen) atoms. The Hall–Kier alpha value is -4.48. The minimum absolute atomic E-state index is 0.00915. The van der Waals surface area contributed by atoms with Gasteiger partial charge in [-0.2, -0.15) is 0 Å². The van der Waals surface area contributed by atoms with Gasteiger partial charge in [-0.1, -0.05) is 56.3 Å². The minimum atomic E-state index is -1.39. The number of non-ortho nitro benzene ring substituents is 1. The smallest absolute Gasteiger partial charge is 0.408 e. The van der Waals surface area contributed by atoms with Gasteiger partial charge in [0.05, 0.1) is 18.0 Å². The van der Waals surface area contributed by atoms with E-state index in [2.05, 4.69) is 10.6 Å². The van der Waals surface area contributed by atoms with Crippen molar-refractivity contribution in [3.8, 4) is 0 Å². The highest BCUT2D eigenvalue weighted by Crippen LogP contribution is 2.27. The number of carbonyl (C=O) groups is 4. The number of nitrogens with zero attached hydrogens (tertiary/aromatic N) is 1. The van der Waals surface area contributed by atoms with Crippen LogP contribution in [0.15, 0.2) is 54.6 Å². The number of hydrogen-bond acceptors (Lipinski definition) is 8. The maximum atomic E-state index is 13.2. The number of nitro benzene ring substituents is 1. The van der Waals surface area contributed by atoms with E-state index in [1.54, 1.807) is 45.0 Å². The molecule has 204 valence electrons. The van der Waals surface area contributed by atoms with Crippen molar-refractivity contribution in [3.05, 3.63) is 75.8 Å². The molecule has 2 aromatic rings. The zero-order valence-corrected chi connectivity index (χ0v) is 21.4. The fourth-order valence-corrected chi connectivity index (χ4v) is 3.71. The number of rotatable bonds is 13. The topological polar surface area (TPSA) is 180 Å². The van der Waals surface area contributed by atoms with Gasteiger partial charge < -0.3 is 25.8 Å². The molecule has 4 N–H and O–H groups in total. The zero-order chi connectivity index (χ0) is 28.2. The van der Waals surface area contributed by atoms with Crippen molar-refractivity contribution in [3.63, 3.8) is 0 Å². The second-order valence-corrected chi connectivity index (χ2v) is 8.78. The van der Waals surface area contributed by atoms with Crippen LogP contribution >= 0.6 is 0 Å². The number of nitrogens with one attached hydrogen (secondary N) is 2. The second kappa shape index (κ2) is 14.3. The first-order valence-electron chi connectivity index (χ1n) is 12.0. The van der Waals surface area contributed by atoms with Crippen molar-refractivity contribution < 1.29 is 33.6 Å². The molecule has 3 amide bonds. The maximum Gasteiger partial charge on any atom is 0.408 e.